The van der Waals surface area contributed by atoms with Gasteiger partial charge >= 0.3 is 0 Å². The van der Waals surface area contributed by atoms with Gasteiger partial charge in [0.1, 0.15) is 0 Å². The molecule has 0 aromatic heterocycles. The highest BCUT2D eigenvalue weighted by Gasteiger charge is 2.11. The molecule has 0 aliphatic carbocycles. The molecular formula is C9H11ClN2O. The maximum absolute atomic E-state index is 11.0. The van der Waals surface area contributed by atoms with Crippen LogP contribution >= 0.6 is 11.6 Å². The van der Waals surface area contributed by atoms with E-state index in [1.54, 1.807) is 25.1 Å². The second-order valence-corrected chi connectivity index (χ2v) is 3.32. The van der Waals surface area contributed by atoms with Gasteiger partial charge in [0.25, 0.3) is 0 Å². The highest BCUT2D eigenvalue weighted by Crippen LogP contribution is 2.20. The van der Waals surface area contributed by atoms with Crippen molar-refractivity contribution < 1.29 is 4.79 Å². The minimum atomic E-state index is -0.482. The van der Waals surface area contributed by atoms with Crippen molar-refractivity contribution in [1.82, 2.24) is 0 Å². The van der Waals surface area contributed by atoms with Crippen molar-refractivity contribution in [1.29, 1.82) is 0 Å². The van der Waals surface area contributed by atoms with Gasteiger partial charge in [0.15, 0.2) is 0 Å². The second-order valence-electron chi connectivity index (χ2n) is 2.88. The molecule has 0 spiro atoms. The Morgan fingerprint density at radius 2 is 2.15 bits per heavy atom. The van der Waals surface area contributed by atoms with Crippen LogP contribution in [0.1, 0.15) is 28.9 Å². The minimum absolute atomic E-state index is 0.249. The first kappa shape index (κ1) is 10.0. The lowest BCUT2D eigenvalue weighted by atomic mass is 10.0. The third-order valence-corrected chi connectivity index (χ3v) is 2.00. The Labute approximate surface area is 81.7 Å². The lowest BCUT2D eigenvalue weighted by Gasteiger charge is -2.10. The minimum Gasteiger partial charge on any atom is -0.366 e. The average Bonchev–Trinajstić information content (AvgIpc) is 2.03. The largest absolute Gasteiger partial charge is 0.366 e. The average molecular weight is 199 g/mol. The molecule has 1 unspecified atom stereocenters. The number of carbonyl (C=O) groups excluding carboxylic acids is 1. The maximum Gasteiger partial charge on any atom is 0.249 e. The Morgan fingerprint density at radius 1 is 1.54 bits per heavy atom. The van der Waals surface area contributed by atoms with Crippen LogP contribution in [0.4, 0.5) is 0 Å². The summed E-state index contributed by atoms with van der Waals surface area (Å²) < 4.78 is 0. The van der Waals surface area contributed by atoms with Crippen LogP contribution < -0.4 is 11.5 Å². The molecule has 1 rings (SSSR count). The van der Waals surface area contributed by atoms with E-state index in [-0.39, 0.29) is 6.04 Å². The van der Waals surface area contributed by atoms with Crippen LogP contribution in [0.2, 0.25) is 5.02 Å². The van der Waals surface area contributed by atoms with Crippen LogP contribution in [0.15, 0.2) is 18.2 Å². The van der Waals surface area contributed by atoms with Crippen molar-refractivity contribution >= 4 is 17.5 Å². The van der Waals surface area contributed by atoms with Gasteiger partial charge in [-0.2, -0.15) is 0 Å². The lowest BCUT2D eigenvalue weighted by molar-refractivity contribution is 0.0999. The molecule has 1 atom stereocenters. The summed E-state index contributed by atoms with van der Waals surface area (Å²) in [5, 5.41) is 0.553. The van der Waals surface area contributed by atoms with Crippen molar-refractivity contribution in [2.45, 2.75) is 13.0 Å². The van der Waals surface area contributed by atoms with Crippen LogP contribution in [-0.4, -0.2) is 5.91 Å². The number of hydrogen-bond acceptors (Lipinski definition) is 2. The molecule has 4 heteroatoms. The van der Waals surface area contributed by atoms with E-state index in [9.17, 15) is 4.79 Å². The normalized spacial score (nSPS) is 12.5. The molecule has 70 valence electrons. The van der Waals surface area contributed by atoms with Crippen LogP contribution in [0, 0.1) is 0 Å². The van der Waals surface area contributed by atoms with E-state index in [4.69, 9.17) is 23.1 Å². The molecule has 0 saturated heterocycles. The molecule has 1 aromatic carbocycles. The highest BCUT2D eigenvalue weighted by atomic mass is 35.5. The van der Waals surface area contributed by atoms with E-state index in [0.717, 1.165) is 0 Å². The van der Waals surface area contributed by atoms with E-state index < -0.39 is 5.91 Å². The van der Waals surface area contributed by atoms with Gasteiger partial charge in [0.05, 0.1) is 0 Å². The first-order valence-electron chi connectivity index (χ1n) is 3.87. The highest BCUT2D eigenvalue weighted by molar-refractivity contribution is 6.30. The van der Waals surface area contributed by atoms with Crippen LogP contribution in [-0.2, 0) is 0 Å². The molecule has 13 heavy (non-hydrogen) atoms. The third-order valence-electron chi connectivity index (χ3n) is 1.77. The summed E-state index contributed by atoms with van der Waals surface area (Å²) in [6.07, 6.45) is 0. The van der Waals surface area contributed by atoms with Crippen molar-refractivity contribution in [3.05, 3.63) is 34.3 Å². The Morgan fingerprint density at radius 3 is 2.62 bits per heavy atom. The molecule has 0 bridgehead atoms. The van der Waals surface area contributed by atoms with Gasteiger partial charge in [-0.15, -0.1) is 0 Å². The molecular weight excluding hydrogens is 188 g/mol. The van der Waals surface area contributed by atoms with Gasteiger partial charge in [0, 0.05) is 16.6 Å². The smallest absolute Gasteiger partial charge is 0.249 e. The summed E-state index contributed by atoms with van der Waals surface area (Å²) >= 11 is 5.76. The maximum atomic E-state index is 11.0. The zero-order valence-corrected chi connectivity index (χ0v) is 8.01. The predicted octanol–water partition coefficient (Wildman–Crippen LogP) is 1.46. The van der Waals surface area contributed by atoms with Gasteiger partial charge in [0.2, 0.25) is 5.91 Å². The number of hydrogen-bond donors (Lipinski definition) is 2. The van der Waals surface area contributed by atoms with Crippen LogP contribution in [0.25, 0.3) is 0 Å². The third kappa shape index (κ3) is 2.20. The summed E-state index contributed by atoms with van der Waals surface area (Å²) in [6.45, 7) is 1.78. The summed E-state index contributed by atoms with van der Waals surface area (Å²) in [5.74, 6) is -0.482. The molecule has 0 aliphatic heterocycles. The molecule has 0 heterocycles. The molecule has 0 fully saturated rings. The molecule has 1 aromatic rings. The SMILES string of the molecule is CC(N)c1cc(Cl)ccc1C(N)=O. The first-order chi connectivity index (χ1) is 6.02. The number of benzene rings is 1. The number of amides is 1. The fraction of sp³-hybridized carbons (Fsp3) is 0.222. The Kier molecular flexibility index (Phi) is 2.90. The zero-order chi connectivity index (χ0) is 10.0. The number of halogens is 1. The van der Waals surface area contributed by atoms with Crippen molar-refractivity contribution in [3.63, 3.8) is 0 Å². The Hall–Kier alpha value is -1.06. The number of nitrogens with two attached hydrogens (primary N) is 2. The van der Waals surface area contributed by atoms with E-state index in [1.165, 1.54) is 0 Å². The number of rotatable bonds is 2. The molecule has 0 saturated carbocycles. The second kappa shape index (κ2) is 3.77. The summed E-state index contributed by atoms with van der Waals surface area (Å²) in [7, 11) is 0. The summed E-state index contributed by atoms with van der Waals surface area (Å²) in [6, 6.07) is 4.62. The van der Waals surface area contributed by atoms with Crippen molar-refractivity contribution in [2.75, 3.05) is 0 Å². The van der Waals surface area contributed by atoms with Gasteiger partial charge < -0.3 is 11.5 Å². The van der Waals surface area contributed by atoms with E-state index in [2.05, 4.69) is 0 Å². The van der Waals surface area contributed by atoms with Crippen LogP contribution in [0.3, 0.4) is 0 Å². The molecule has 4 N–H and O–H groups in total. The Bertz CT molecular complexity index is 336. The van der Waals surface area contributed by atoms with Crippen LogP contribution in [0.5, 0.6) is 0 Å². The van der Waals surface area contributed by atoms with Gasteiger partial charge in [-0.25, -0.2) is 0 Å². The van der Waals surface area contributed by atoms with E-state index in [0.29, 0.717) is 16.1 Å². The molecule has 3 nitrogen and oxygen atoms in total. The summed E-state index contributed by atoms with van der Waals surface area (Å²) in [4.78, 5) is 11.0. The molecule has 0 aliphatic rings. The fourth-order valence-corrected chi connectivity index (χ4v) is 1.32. The lowest BCUT2D eigenvalue weighted by Crippen LogP contribution is -2.17. The fourth-order valence-electron chi connectivity index (χ4n) is 1.13. The van der Waals surface area contributed by atoms with Crippen molar-refractivity contribution in [3.8, 4) is 0 Å². The van der Waals surface area contributed by atoms with Gasteiger partial charge in [-0.05, 0) is 30.7 Å². The monoisotopic (exact) mass is 198 g/mol. The standard InChI is InChI=1S/C9H11ClN2O/c1-5(11)8-4-6(10)2-3-7(8)9(12)13/h2-5H,11H2,1H3,(H2,12,13). The van der Waals surface area contributed by atoms with E-state index in [1.807, 2.05) is 0 Å². The Balaban J connectivity index is 3.26. The topological polar surface area (TPSA) is 69.1 Å². The first-order valence-corrected chi connectivity index (χ1v) is 4.25. The number of primary amides is 1. The zero-order valence-electron chi connectivity index (χ0n) is 7.25. The summed E-state index contributed by atoms with van der Waals surface area (Å²) in [5.41, 5.74) is 11.9. The number of carbonyl (C=O) groups is 1. The van der Waals surface area contributed by atoms with Gasteiger partial charge in [-0.1, -0.05) is 11.6 Å². The van der Waals surface area contributed by atoms with Gasteiger partial charge in [-0.3, -0.25) is 4.79 Å². The van der Waals surface area contributed by atoms with Crippen molar-refractivity contribution in [2.24, 2.45) is 11.5 Å². The van der Waals surface area contributed by atoms with E-state index >= 15 is 0 Å². The quantitative estimate of drug-likeness (QED) is 0.756. The molecule has 0 radical (unpaired) electrons. The predicted molar refractivity (Wildman–Crippen MR) is 52.6 cm³/mol. The molecule has 1 amide bonds.